The number of carbonyl (C=O) groups excluding carboxylic acids is 1. The molecule has 3 N–H and O–H groups in total. The van der Waals surface area contributed by atoms with Gasteiger partial charge in [-0.3, -0.25) is 10.1 Å². The predicted octanol–water partition coefficient (Wildman–Crippen LogP) is 3.59. The summed E-state index contributed by atoms with van der Waals surface area (Å²) in [6.07, 6.45) is 1.76. The molecule has 3 aromatic rings. The smallest absolute Gasteiger partial charge is 0.233 e. The van der Waals surface area contributed by atoms with Crippen LogP contribution in [0.5, 0.6) is 17.2 Å². The van der Waals surface area contributed by atoms with Crippen molar-refractivity contribution in [2.24, 2.45) is 0 Å². The highest BCUT2D eigenvalue weighted by atomic mass is 35.5. The molecule has 0 aliphatic heterocycles. The van der Waals surface area contributed by atoms with E-state index < -0.39 is 0 Å². The minimum Gasteiger partial charge on any atom is -0.493 e. The molecule has 10 nitrogen and oxygen atoms in total. The SMILES string of the molecule is CNc1ccc(Cl)cc1.COc1cc(Nc2ncnc(NC=O)n2)cc(OC)c1OC. The summed E-state index contributed by atoms with van der Waals surface area (Å²) in [7, 11) is 6.45. The molecule has 0 aliphatic rings. The van der Waals surface area contributed by atoms with Crippen LogP contribution in [-0.2, 0) is 4.79 Å². The predicted molar refractivity (Wildman–Crippen MR) is 120 cm³/mol. The number of nitrogens with one attached hydrogen (secondary N) is 3. The van der Waals surface area contributed by atoms with Gasteiger partial charge in [0.05, 0.1) is 21.3 Å². The van der Waals surface area contributed by atoms with E-state index in [-0.39, 0.29) is 11.9 Å². The van der Waals surface area contributed by atoms with Gasteiger partial charge in [0.1, 0.15) is 6.33 Å². The van der Waals surface area contributed by atoms with E-state index >= 15 is 0 Å². The van der Waals surface area contributed by atoms with Crippen molar-refractivity contribution >= 4 is 41.3 Å². The Hall–Kier alpha value is -3.79. The maximum absolute atomic E-state index is 10.4. The second-order valence-corrected chi connectivity index (χ2v) is 6.13. The molecule has 1 heterocycles. The largest absolute Gasteiger partial charge is 0.493 e. The Morgan fingerprint density at radius 1 is 0.903 bits per heavy atom. The fourth-order valence-electron chi connectivity index (χ4n) is 2.38. The quantitative estimate of drug-likeness (QED) is 0.446. The van der Waals surface area contributed by atoms with Gasteiger partial charge in [-0.05, 0) is 24.3 Å². The molecule has 0 radical (unpaired) electrons. The molecule has 1 amide bonds. The summed E-state index contributed by atoms with van der Waals surface area (Å²) in [5, 5.41) is 9.08. The molecule has 11 heteroatoms. The van der Waals surface area contributed by atoms with Crippen molar-refractivity contribution in [1.82, 2.24) is 15.0 Å². The van der Waals surface area contributed by atoms with E-state index in [9.17, 15) is 4.79 Å². The molecule has 3 rings (SSSR count). The van der Waals surface area contributed by atoms with Crippen LogP contribution < -0.4 is 30.2 Å². The minimum absolute atomic E-state index is 0.139. The molecule has 0 spiro atoms. The molecule has 0 atom stereocenters. The normalized spacial score (nSPS) is 9.58. The summed E-state index contributed by atoms with van der Waals surface area (Å²) in [5.41, 5.74) is 1.71. The molecule has 31 heavy (non-hydrogen) atoms. The number of ether oxygens (including phenoxy) is 3. The van der Waals surface area contributed by atoms with Gasteiger partial charge in [-0.2, -0.15) is 4.98 Å². The number of benzene rings is 2. The van der Waals surface area contributed by atoms with Crippen molar-refractivity contribution in [3.63, 3.8) is 0 Å². The first kappa shape index (κ1) is 23.5. The molecule has 0 aliphatic carbocycles. The van der Waals surface area contributed by atoms with Crippen molar-refractivity contribution in [2.45, 2.75) is 0 Å². The maximum atomic E-state index is 10.4. The number of methoxy groups -OCH3 is 3. The second-order valence-electron chi connectivity index (χ2n) is 5.69. The van der Waals surface area contributed by atoms with E-state index in [0.29, 0.717) is 29.3 Å². The average molecular weight is 447 g/mol. The van der Waals surface area contributed by atoms with Crippen molar-refractivity contribution < 1.29 is 19.0 Å². The third-order valence-corrected chi connectivity index (χ3v) is 4.07. The van der Waals surface area contributed by atoms with Crippen LogP contribution in [-0.4, -0.2) is 49.7 Å². The Morgan fingerprint density at radius 3 is 2.03 bits per heavy atom. The molecule has 0 fully saturated rings. The number of halogens is 1. The lowest BCUT2D eigenvalue weighted by atomic mass is 10.2. The number of anilines is 4. The zero-order chi connectivity index (χ0) is 22.6. The van der Waals surface area contributed by atoms with Gasteiger partial charge in [0.25, 0.3) is 0 Å². The molecule has 1 aromatic heterocycles. The van der Waals surface area contributed by atoms with E-state index in [2.05, 4.69) is 30.9 Å². The summed E-state index contributed by atoms with van der Waals surface area (Å²) in [6, 6.07) is 11.0. The molecular weight excluding hydrogens is 424 g/mol. The van der Waals surface area contributed by atoms with Crippen molar-refractivity contribution in [3.05, 3.63) is 47.7 Å². The van der Waals surface area contributed by atoms with Crippen LogP contribution in [0.1, 0.15) is 0 Å². The first-order valence-electron chi connectivity index (χ1n) is 8.94. The number of nitrogens with zero attached hydrogens (tertiary/aromatic N) is 3. The van der Waals surface area contributed by atoms with Crippen LogP contribution in [0.25, 0.3) is 0 Å². The molecule has 164 valence electrons. The Balaban J connectivity index is 0.000000316. The Morgan fingerprint density at radius 2 is 1.52 bits per heavy atom. The van der Waals surface area contributed by atoms with Crippen LogP contribution in [0.3, 0.4) is 0 Å². The molecule has 2 aromatic carbocycles. The second kappa shape index (κ2) is 12.0. The highest BCUT2D eigenvalue weighted by Gasteiger charge is 2.14. The van der Waals surface area contributed by atoms with E-state index in [1.165, 1.54) is 27.7 Å². The molecule has 0 bridgehead atoms. The average Bonchev–Trinajstić information content (AvgIpc) is 2.80. The summed E-state index contributed by atoms with van der Waals surface area (Å²) in [6.45, 7) is 0. The topological polar surface area (TPSA) is 120 Å². The molecule has 0 saturated carbocycles. The van der Waals surface area contributed by atoms with Gasteiger partial charge < -0.3 is 24.8 Å². The zero-order valence-corrected chi connectivity index (χ0v) is 18.2. The zero-order valence-electron chi connectivity index (χ0n) is 17.5. The van der Waals surface area contributed by atoms with Crippen LogP contribution in [0.4, 0.5) is 23.3 Å². The van der Waals surface area contributed by atoms with Crippen molar-refractivity contribution in [3.8, 4) is 17.2 Å². The van der Waals surface area contributed by atoms with Gasteiger partial charge in [0.15, 0.2) is 11.5 Å². The lowest BCUT2D eigenvalue weighted by Gasteiger charge is -2.14. The summed E-state index contributed by atoms with van der Waals surface area (Å²) < 4.78 is 15.8. The Kier molecular flexibility index (Phi) is 9.12. The first-order chi connectivity index (χ1) is 15.0. The molecular formula is C20H23ClN6O4. The van der Waals surface area contributed by atoms with E-state index in [0.717, 1.165) is 10.7 Å². The van der Waals surface area contributed by atoms with Crippen molar-refractivity contribution in [1.29, 1.82) is 0 Å². The highest BCUT2D eigenvalue weighted by molar-refractivity contribution is 6.30. The van der Waals surface area contributed by atoms with Crippen LogP contribution in [0.2, 0.25) is 5.02 Å². The van der Waals surface area contributed by atoms with Gasteiger partial charge in [-0.15, -0.1) is 0 Å². The monoisotopic (exact) mass is 446 g/mol. The third kappa shape index (κ3) is 6.89. The van der Waals surface area contributed by atoms with Gasteiger partial charge in [0.2, 0.25) is 24.1 Å². The number of aromatic nitrogens is 3. The summed E-state index contributed by atoms with van der Waals surface area (Å²) in [4.78, 5) is 22.2. The number of hydrogen-bond acceptors (Lipinski definition) is 9. The maximum Gasteiger partial charge on any atom is 0.233 e. The Bertz CT molecular complexity index is 963. The van der Waals surface area contributed by atoms with Gasteiger partial charge in [0, 0.05) is 35.6 Å². The van der Waals surface area contributed by atoms with Crippen LogP contribution in [0.15, 0.2) is 42.7 Å². The van der Waals surface area contributed by atoms with Gasteiger partial charge in [-0.25, -0.2) is 9.97 Å². The number of hydrogen-bond donors (Lipinski definition) is 3. The van der Waals surface area contributed by atoms with E-state index in [4.69, 9.17) is 25.8 Å². The van der Waals surface area contributed by atoms with Crippen LogP contribution in [0, 0.1) is 0 Å². The van der Waals surface area contributed by atoms with E-state index in [1.807, 2.05) is 31.3 Å². The standard InChI is InChI=1S/C13H15N5O4.C7H8ClN/c1-20-9-4-8(5-10(21-2)11(9)22-3)17-13-15-6-14-12(18-13)16-7-19;1-9-7-4-2-6(8)3-5-7/h4-7H,1-3H3,(H2,14,15,16,17,18,19);2-5,9H,1H3. The summed E-state index contributed by atoms with van der Waals surface area (Å²) >= 11 is 5.64. The van der Waals surface area contributed by atoms with E-state index in [1.54, 1.807) is 12.1 Å². The highest BCUT2D eigenvalue weighted by Crippen LogP contribution is 2.40. The van der Waals surface area contributed by atoms with Crippen molar-refractivity contribution in [2.75, 3.05) is 44.3 Å². The fraction of sp³-hybridized carbons (Fsp3) is 0.200. The number of carbonyl (C=O) groups is 1. The third-order valence-electron chi connectivity index (χ3n) is 3.81. The van der Waals surface area contributed by atoms with Crippen LogP contribution >= 0.6 is 11.6 Å². The Labute approximate surface area is 184 Å². The first-order valence-corrected chi connectivity index (χ1v) is 9.32. The number of rotatable bonds is 8. The fourth-order valence-corrected chi connectivity index (χ4v) is 2.50. The molecule has 0 unspecified atom stereocenters. The number of amides is 1. The summed E-state index contributed by atoms with van der Waals surface area (Å²) in [5.74, 6) is 1.86. The minimum atomic E-state index is 0.139. The van der Waals surface area contributed by atoms with Gasteiger partial charge >= 0.3 is 0 Å². The van der Waals surface area contributed by atoms with Gasteiger partial charge in [-0.1, -0.05) is 11.6 Å². The lowest BCUT2D eigenvalue weighted by molar-refractivity contribution is -0.105. The lowest BCUT2D eigenvalue weighted by Crippen LogP contribution is -2.05. The molecule has 0 saturated heterocycles.